The van der Waals surface area contributed by atoms with Gasteiger partial charge in [0.15, 0.2) is 0 Å². The van der Waals surface area contributed by atoms with E-state index >= 15 is 0 Å². The van der Waals surface area contributed by atoms with E-state index in [1.54, 1.807) is 54.6 Å². The maximum absolute atomic E-state index is 13.4. The van der Waals surface area contributed by atoms with E-state index in [1.165, 1.54) is 18.3 Å². The van der Waals surface area contributed by atoms with Crippen molar-refractivity contribution in [2.24, 2.45) is 5.10 Å². The molecule has 1 N–H and O–H groups in total. The Morgan fingerprint density at radius 2 is 1.76 bits per heavy atom. The molecule has 4 aromatic rings. The monoisotopic (exact) mass is 632 g/mol. The van der Waals surface area contributed by atoms with Crippen molar-refractivity contribution < 1.29 is 13.2 Å². The number of aromatic nitrogens is 1. The summed E-state index contributed by atoms with van der Waals surface area (Å²) in [5, 5.41) is 5.13. The normalized spacial score (nSPS) is 11.6. The lowest BCUT2D eigenvalue weighted by Crippen LogP contribution is -2.39. The van der Waals surface area contributed by atoms with Gasteiger partial charge in [0.05, 0.1) is 27.5 Å². The maximum Gasteiger partial charge on any atom is 0.264 e. The third-order valence-corrected chi connectivity index (χ3v) is 8.55. The first-order valence-corrected chi connectivity index (χ1v) is 14.4. The van der Waals surface area contributed by atoms with Crippen LogP contribution in [0.15, 0.2) is 93.3 Å². The molecule has 3 aromatic carbocycles. The molecule has 0 saturated heterocycles. The fourth-order valence-electron chi connectivity index (χ4n) is 3.96. The maximum atomic E-state index is 13.4. The molecule has 38 heavy (non-hydrogen) atoms. The Morgan fingerprint density at radius 1 is 1.03 bits per heavy atom. The fourth-order valence-corrected chi connectivity index (χ4v) is 6.27. The Labute approximate surface area is 239 Å². The van der Waals surface area contributed by atoms with E-state index in [1.807, 2.05) is 30.5 Å². The van der Waals surface area contributed by atoms with Crippen LogP contribution < -0.4 is 9.73 Å². The second kappa shape index (κ2) is 11.7. The number of nitrogens with zero attached hydrogens (tertiary/aromatic N) is 3. The molecule has 0 radical (unpaired) electrons. The molecule has 0 aliphatic rings. The van der Waals surface area contributed by atoms with E-state index in [-0.39, 0.29) is 4.90 Å². The second-order valence-corrected chi connectivity index (χ2v) is 12.0. The van der Waals surface area contributed by atoms with Crippen molar-refractivity contribution in [3.63, 3.8) is 0 Å². The molecule has 196 valence electrons. The van der Waals surface area contributed by atoms with Crippen LogP contribution in [0.2, 0.25) is 10.0 Å². The van der Waals surface area contributed by atoms with E-state index < -0.39 is 22.5 Å². The van der Waals surface area contributed by atoms with Gasteiger partial charge in [-0.3, -0.25) is 9.10 Å². The van der Waals surface area contributed by atoms with Gasteiger partial charge in [-0.05, 0) is 68.4 Å². The molecule has 7 nitrogen and oxygen atoms in total. The number of halogens is 3. The van der Waals surface area contributed by atoms with Crippen LogP contribution in [0, 0.1) is 13.8 Å². The lowest BCUT2D eigenvalue weighted by atomic mass is 10.2. The number of anilines is 1. The number of hydrogen-bond acceptors (Lipinski definition) is 4. The summed E-state index contributed by atoms with van der Waals surface area (Å²) in [7, 11) is -4.02. The van der Waals surface area contributed by atoms with E-state index in [0.717, 1.165) is 26.9 Å². The largest absolute Gasteiger partial charge is 0.316 e. The molecule has 0 spiro atoms. The number of benzene rings is 3. The summed E-state index contributed by atoms with van der Waals surface area (Å²) in [4.78, 5) is 12.9. The predicted octanol–water partition coefficient (Wildman–Crippen LogP) is 6.51. The number of nitrogens with one attached hydrogen (secondary N) is 1. The van der Waals surface area contributed by atoms with Gasteiger partial charge in [-0.25, -0.2) is 13.8 Å². The Hall–Kier alpha value is -3.11. The number of carbonyl (C=O) groups excluding carboxylic acids is 1. The van der Waals surface area contributed by atoms with Crippen LogP contribution in [0.5, 0.6) is 0 Å². The molecule has 0 aliphatic heterocycles. The molecular weight excluding hydrogens is 611 g/mol. The summed E-state index contributed by atoms with van der Waals surface area (Å²) in [5.41, 5.74) is 6.08. The lowest BCUT2D eigenvalue weighted by molar-refractivity contribution is -0.119. The van der Waals surface area contributed by atoms with Crippen molar-refractivity contribution in [3.05, 3.63) is 110 Å². The third-order valence-electron chi connectivity index (χ3n) is 5.73. The van der Waals surface area contributed by atoms with Crippen molar-refractivity contribution in [2.75, 3.05) is 10.8 Å². The van der Waals surface area contributed by atoms with Crippen LogP contribution >= 0.6 is 39.1 Å². The molecular formula is C27H23BrCl2N4O3S. The Bertz CT molecular complexity index is 1620. The summed E-state index contributed by atoms with van der Waals surface area (Å²) in [5.74, 6) is -0.602. The van der Waals surface area contributed by atoms with Crippen LogP contribution in [0.1, 0.15) is 17.0 Å². The topological polar surface area (TPSA) is 83.8 Å². The average molecular weight is 634 g/mol. The number of amides is 1. The Kier molecular flexibility index (Phi) is 8.62. The van der Waals surface area contributed by atoms with Crippen molar-refractivity contribution in [3.8, 4) is 5.69 Å². The molecule has 4 rings (SSSR count). The van der Waals surface area contributed by atoms with Gasteiger partial charge in [-0.1, -0.05) is 63.4 Å². The summed E-state index contributed by atoms with van der Waals surface area (Å²) >= 11 is 15.8. The minimum Gasteiger partial charge on any atom is -0.316 e. The molecule has 1 amide bonds. The number of aryl methyl sites for hydroxylation is 1. The lowest BCUT2D eigenvalue weighted by Gasteiger charge is -2.23. The quantitative estimate of drug-likeness (QED) is 0.177. The van der Waals surface area contributed by atoms with E-state index in [2.05, 4.69) is 26.5 Å². The van der Waals surface area contributed by atoms with E-state index in [9.17, 15) is 13.2 Å². The zero-order valence-electron chi connectivity index (χ0n) is 20.4. The highest BCUT2D eigenvalue weighted by molar-refractivity contribution is 9.10. The summed E-state index contributed by atoms with van der Waals surface area (Å²) in [6, 6.07) is 21.9. The predicted molar refractivity (Wildman–Crippen MR) is 156 cm³/mol. The Morgan fingerprint density at radius 3 is 2.45 bits per heavy atom. The van der Waals surface area contributed by atoms with Gasteiger partial charge in [-0.15, -0.1) is 0 Å². The van der Waals surface area contributed by atoms with Crippen molar-refractivity contribution in [1.29, 1.82) is 0 Å². The number of hydrogen-bond donors (Lipinski definition) is 1. The first-order valence-electron chi connectivity index (χ1n) is 11.4. The molecule has 0 saturated carbocycles. The first-order chi connectivity index (χ1) is 18.1. The zero-order chi connectivity index (χ0) is 27.4. The number of hydrazone groups is 1. The SMILES string of the molecule is Cc1cc(/C=N/NC(=O)CN(c2cccc(Br)c2)S(=O)(=O)c2ccccc2)c(C)n1-c1ccc(Cl)cc1Cl. The average Bonchev–Trinajstić information content (AvgIpc) is 3.15. The summed E-state index contributed by atoms with van der Waals surface area (Å²) in [6.07, 6.45) is 1.51. The number of sulfonamides is 1. The van der Waals surface area contributed by atoms with Crippen molar-refractivity contribution in [2.45, 2.75) is 18.7 Å². The van der Waals surface area contributed by atoms with Crippen LogP contribution in [-0.4, -0.2) is 31.7 Å². The molecule has 0 unspecified atom stereocenters. The van der Waals surface area contributed by atoms with E-state index in [0.29, 0.717) is 20.2 Å². The fraction of sp³-hybridized carbons (Fsp3) is 0.111. The smallest absolute Gasteiger partial charge is 0.264 e. The highest BCUT2D eigenvalue weighted by Crippen LogP contribution is 2.29. The van der Waals surface area contributed by atoms with Gasteiger partial charge in [0.2, 0.25) is 0 Å². The Balaban J connectivity index is 1.56. The molecule has 11 heteroatoms. The molecule has 0 aliphatic carbocycles. The van der Waals surface area contributed by atoms with Crippen LogP contribution in [0.25, 0.3) is 5.69 Å². The van der Waals surface area contributed by atoms with Crippen LogP contribution in [0.4, 0.5) is 5.69 Å². The number of carbonyl (C=O) groups is 1. The van der Waals surface area contributed by atoms with Crippen LogP contribution in [-0.2, 0) is 14.8 Å². The van der Waals surface area contributed by atoms with Gasteiger partial charge in [-0.2, -0.15) is 5.10 Å². The molecule has 1 heterocycles. The summed E-state index contributed by atoms with van der Waals surface area (Å²) < 4.78 is 30.5. The molecule has 0 atom stereocenters. The van der Waals surface area contributed by atoms with Crippen LogP contribution in [0.3, 0.4) is 0 Å². The molecule has 1 aromatic heterocycles. The van der Waals surface area contributed by atoms with Crippen molar-refractivity contribution in [1.82, 2.24) is 9.99 Å². The number of rotatable bonds is 8. The highest BCUT2D eigenvalue weighted by Gasteiger charge is 2.27. The standard InChI is InChI=1S/C27H23BrCl2N4O3S/c1-18-13-20(19(2)34(18)26-12-11-22(29)15-25(26)30)16-31-32-27(35)17-33(23-8-6-7-21(28)14-23)38(36,37)24-9-4-3-5-10-24/h3-16H,17H2,1-2H3,(H,32,35)/b31-16+. The molecule has 0 bridgehead atoms. The van der Waals surface area contributed by atoms with Gasteiger partial charge < -0.3 is 4.57 Å². The van der Waals surface area contributed by atoms with Gasteiger partial charge in [0, 0.05) is 26.4 Å². The second-order valence-electron chi connectivity index (χ2n) is 8.36. The van der Waals surface area contributed by atoms with Gasteiger partial charge in [0.1, 0.15) is 6.54 Å². The highest BCUT2D eigenvalue weighted by atomic mass is 79.9. The van der Waals surface area contributed by atoms with Gasteiger partial charge >= 0.3 is 0 Å². The summed E-state index contributed by atoms with van der Waals surface area (Å²) in [6.45, 7) is 3.37. The minimum absolute atomic E-state index is 0.0737. The van der Waals surface area contributed by atoms with E-state index in [4.69, 9.17) is 23.2 Å². The van der Waals surface area contributed by atoms with Crippen molar-refractivity contribution >= 4 is 67.0 Å². The van der Waals surface area contributed by atoms with Gasteiger partial charge in [0.25, 0.3) is 15.9 Å². The third kappa shape index (κ3) is 6.13. The minimum atomic E-state index is -4.02. The molecule has 0 fully saturated rings. The zero-order valence-corrected chi connectivity index (χ0v) is 24.3. The first kappa shape index (κ1) is 27.9.